The van der Waals surface area contributed by atoms with Crippen LogP contribution in [-0.2, 0) is 4.79 Å². The van der Waals surface area contributed by atoms with E-state index in [0.717, 1.165) is 0 Å². The first-order valence-corrected chi connectivity index (χ1v) is 4.34. The molecule has 2 aliphatic rings. The number of fused-ring (bicyclic) bond motifs is 1. The second-order valence-electron chi connectivity index (χ2n) is 3.91. The molecule has 1 aliphatic carbocycles. The van der Waals surface area contributed by atoms with Gasteiger partial charge in [0.1, 0.15) is 6.04 Å². The van der Waals surface area contributed by atoms with Crippen molar-refractivity contribution in [3.8, 4) is 0 Å². The van der Waals surface area contributed by atoms with Crippen molar-refractivity contribution in [2.75, 3.05) is 6.54 Å². The van der Waals surface area contributed by atoms with Crippen LogP contribution in [0.25, 0.3) is 0 Å². The third kappa shape index (κ3) is 1.41. The van der Waals surface area contributed by atoms with Gasteiger partial charge in [0.15, 0.2) is 0 Å². The number of aliphatic carboxylic acids is 1. The molecule has 2 N–H and O–H groups in total. The van der Waals surface area contributed by atoms with Crippen molar-refractivity contribution in [3.05, 3.63) is 0 Å². The molecule has 74 valence electrons. The molecule has 0 aromatic carbocycles. The van der Waals surface area contributed by atoms with E-state index in [9.17, 15) is 13.6 Å². The number of hydrogen-bond acceptors (Lipinski definition) is 2. The van der Waals surface area contributed by atoms with Crippen LogP contribution in [-0.4, -0.2) is 29.6 Å². The van der Waals surface area contributed by atoms with Crippen molar-refractivity contribution in [3.63, 3.8) is 0 Å². The molecule has 0 bridgehead atoms. The topological polar surface area (TPSA) is 49.3 Å². The summed E-state index contributed by atoms with van der Waals surface area (Å²) in [7, 11) is 0. The monoisotopic (exact) mass is 191 g/mol. The SMILES string of the molecule is O=C(O)C1NC[C@@H]2CC(F)(F)C[C@H]12. The number of halogens is 2. The summed E-state index contributed by atoms with van der Waals surface area (Å²) < 4.78 is 25.8. The summed E-state index contributed by atoms with van der Waals surface area (Å²) >= 11 is 0. The molecule has 1 saturated carbocycles. The fraction of sp³-hybridized carbons (Fsp3) is 0.875. The molecule has 0 amide bonds. The van der Waals surface area contributed by atoms with Gasteiger partial charge in [-0.1, -0.05) is 0 Å². The van der Waals surface area contributed by atoms with Crippen LogP contribution < -0.4 is 5.32 Å². The lowest BCUT2D eigenvalue weighted by Crippen LogP contribution is -2.36. The first-order chi connectivity index (χ1) is 5.99. The van der Waals surface area contributed by atoms with E-state index in [4.69, 9.17) is 5.11 Å². The summed E-state index contributed by atoms with van der Waals surface area (Å²) in [5.41, 5.74) is 0. The Hall–Kier alpha value is -0.710. The number of carbonyl (C=O) groups is 1. The Balaban J connectivity index is 2.12. The van der Waals surface area contributed by atoms with Crippen LogP contribution in [0.4, 0.5) is 8.78 Å². The molecule has 3 atom stereocenters. The lowest BCUT2D eigenvalue weighted by atomic mass is 9.94. The van der Waals surface area contributed by atoms with Crippen molar-refractivity contribution < 1.29 is 18.7 Å². The molecule has 0 radical (unpaired) electrons. The zero-order chi connectivity index (χ0) is 9.64. The van der Waals surface area contributed by atoms with Crippen LogP contribution in [0.15, 0.2) is 0 Å². The lowest BCUT2D eigenvalue weighted by molar-refractivity contribution is -0.140. The van der Waals surface area contributed by atoms with Crippen LogP contribution >= 0.6 is 0 Å². The van der Waals surface area contributed by atoms with E-state index in [-0.39, 0.29) is 24.7 Å². The molecule has 3 nitrogen and oxygen atoms in total. The molecule has 2 fully saturated rings. The first kappa shape index (κ1) is 8.87. The number of carboxylic acids is 1. The second kappa shape index (κ2) is 2.64. The Morgan fingerprint density at radius 3 is 2.77 bits per heavy atom. The number of alkyl halides is 2. The lowest BCUT2D eigenvalue weighted by Gasteiger charge is -2.14. The molecular weight excluding hydrogens is 180 g/mol. The van der Waals surface area contributed by atoms with E-state index < -0.39 is 17.9 Å². The molecule has 13 heavy (non-hydrogen) atoms. The van der Waals surface area contributed by atoms with Gasteiger partial charge in [-0.3, -0.25) is 4.79 Å². The molecule has 1 aliphatic heterocycles. The first-order valence-electron chi connectivity index (χ1n) is 4.34. The van der Waals surface area contributed by atoms with Crippen molar-refractivity contribution in [2.45, 2.75) is 24.8 Å². The number of hydrogen-bond donors (Lipinski definition) is 2. The summed E-state index contributed by atoms with van der Waals surface area (Å²) in [5.74, 6) is -4.20. The van der Waals surface area contributed by atoms with E-state index in [1.54, 1.807) is 0 Å². The molecule has 1 unspecified atom stereocenters. The predicted molar refractivity (Wildman–Crippen MR) is 40.6 cm³/mol. The van der Waals surface area contributed by atoms with Crippen LogP contribution in [0.1, 0.15) is 12.8 Å². The molecule has 0 aromatic rings. The molecular formula is C8H11F2NO2. The van der Waals surface area contributed by atoms with Crippen molar-refractivity contribution in [2.24, 2.45) is 11.8 Å². The average molecular weight is 191 g/mol. The maximum atomic E-state index is 12.9. The van der Waals surface area contributed by atoms with E-state index in [0.29, 0.717) is 6.54 Å². The predicted octanol–water partition coefficient (Wildman–Crippen LogP) is 0.704. The van der Waals surface area contributed by atoms with E-state index in [1.165, 1.54) is 0 Å². The van der Waals surface area contributed by atoms with Crippen molar-refractivity contribution in [1.29, 1.82) is 0 Å². The van der Waals surface area contributed by atoms with E-state index >= 15 is 0 Å². The number of rotatable bonds is 1. The van der Waals surface area contributed by atoms with Gasteiger partial charge in [0, 0.05) is 12.8 Å². The molecule has 5 heteroatoms. The Kier molecular flexibility index (Phi) is 1.80. The van der Waals surface area contributed by atoms with Gasteiger partial charge in [0.05, 0.1) is 0 Å². The van der Waals surface area contributed by atoms with Gasteiger partial charge < -0.3 is 10.4 Å². The molecule has 1 heterocycles. The third-order valence-corrected chi connectivity index (χ3v) is 2.99. The maximum absolute atomic E-state index is 12.9. The van der Waals surface area contributed by atoms with Gasteiger partial charge in [0.25, 0.3) is 0 Å². The normalized spacial score (nSPS) is 41.8. The Bertz CT molecular complexity index is 244. The van der Waals surface area contributed by atoms with Crippen molar-refractivity contribution in [1.82, 2.24) is 5.32 Å². The molecule has 0 spiro atoms. The standard InChI is InChI=1S/C8H11F2NO2/c9-8(10)1-4-3-11-6(7(12)13)5(4)2-8/h4-6,11H,1-3H2,(H,12,13)/t4-,5-,6?/m0/s1. The maximum Gasteiger partial charge on any atom is 0.320 e. The highest BCUT2D eigenvalue weighted by Gasteiger charge is 2.53. The van der Waals surface area contributed by atoms with Gasteiger partial charge in [0.2, 0.25) is 5.92 Å². The smallest absolute Gasteiger partial charge is 0.320 e. The van der Waals surface area contributed by atoms with Crippen LogP contribution in [0, 0.1) is 11.8 Å². The summed E-state index contributed by atoms with van der Waals surface area (Å²) in [6.07, 6.45) is -0.434. The summed E-state index contributed by atoms with van der Waals surface area (Å²) in [4.78, 5) is 10.6. The van der Waals surface area contributed by atoms with E-state index in [2.05, 4.69) is 5.32 Å². The highest BCUT2D eigenvalue weighted by molar-refractivity contribution is 5.74. The second-order valence-corrected chi connectivity index (χ2v) is 3.91. The zero-order valence-electron chi connectivity index (χ0n) is 6.96. The summed E-state index contributed by atoms with van der Waals surface area (Å²) in [5, 5.41) is 11.5. The van der Waals surface area contributed by atoms with E-state index in [1.807, 2.05) is 0 Å². The van der Waals surface area contributed by atoms with Gasteiger partial charge in [-0.15, -0.1) is 0 Å². The molecule has 1 saturated heterocycles. The Morgan fingerprint density at radius 2 is 2.15 bits per heavy atom. The highest BCUT2D eigenvalue weighted by atomic mass is 19.3. The van der Waals surface area contributed by atoms with Crippen LogP contribution in [0.5, 0.6) is 0 Å². The fourth-order valence-corrected chi connectivity index (χ4v) is 2.44. The van der Waals surface area contributed by atoms with Gasteiger partial charge in [-0.05, 0) is 18.4 Å². The van der Waals surface area contributed by atoms with Crippen LogP contribution in [0.2, 0.25) is 0 Å². The highest BCUT2D eigenvalue weighted by Crippen LogP contribution is 2.46. The van der Waals surface area contributed by atoms with Crippen LogP contribution in [0.3, 0.4) is 0 Å². The van der Waals surface area contributed by atoms with Gasteiger partial charge in [-0.2, -0.15) is 0 Å². The largest absolute Gasteiger partial charge is 0.480 e. The fourth-order valence-electron chi connectivity index (χ4n) is 2.44. The minimum Gasteiger partial charge on any atom is -0.480 e. The molecule has 0 aromatic heterocycles. The third-order valence-electron chi connectivity index (χ3n) is 2.99. The van der Waals surface area contributed by atoms with Gasteiger partial charge in [-0.25, -0.2) is 8.78 Å². The summed E-state index contributed by atoms with van der Waals surface area (Å²) in [6, 6.07) is -0.765. The Morgan fingerprint density at radius 1 is 1.46 bits per heavy atom. The minimum atomic E-state index is -2.65. The number of carboxylic acid groups (broad SMARTS) is 1. The zero-order valence-corrected chi connectivity index (χ0v) is 6.96. The average Bonchev–Trinajstić information content (AvgIpc) is 2.41. The summed E-state index contributed by atoms with van der Waals surface area (Å²) in [6.45, 7) is 0.414. The Labute approximate surface area is 74.1 Å². The number of nitrogens with one attached hydrogen (secondary N) is 1. The quantitative estimate of drug-likeness (QED) is 0.641. The molecule has 2 rings (SSSR count). The van der Waals surface area contributed by atoms with Gasteiger partial charge >= 0.3 is 5.97 Å². The van der Waals surface area contributed by atoms with Crippen molar-refractivity contribution >= 4 is 5.97 Å². The minimum absolute atomic E-state index is 0.156.